The number of aryl methyl sites for hydroxylation is 2. The number of halogens is 2. The molecule has 0 saturated carbocycles. The number of rotatable bonds is 3. The minimum absolute atomic E-state index is 0.106. The lowest BCUT2D eigenvalue weighted by molar-refractivity contribution is -0.118. The van der Waals surface area contributed by atoms with Crippen LogP contribution >= 0.6 is 11.8 Å². The molecule has 1 atom stereocenters. The maximum Gasteiger partial charge on any atom is 0.247 e. The van der Waals surface area contributed by atoms with E-state index >= 15 is 0 Å². The number of nitrogens with zero attached hydrogens (tertiary/aromatic N) is 4. The average Bonchev–Trinajstić information content (AvgIpc) is 2.84. The van der Waals surface area contributed by atoms with Gasteiger partial charge in [0.15, 0.2) is 5.69 Å². The molecule has 9 heteroatoms. The highest BCUT2D eigenvalue weighted by Crippen LogP contribution is 2.45. The molecule has 0 aliphatic carbocycles. The normalized spacial score (nSPS) is 15.0. The zero-order chi connectivity index (χ0) is 22.3. The minimum Gasteiger partial charge on any atom is -0.447 e. The van der Waals surface area contributed by atoms with Crippen molar-refractivity contribution in [3.63, 3.8) is 0 Å². The molecule has 6 nitrogen and oxygen atoms in total. The number of carbonyl (C=O) groups excluding carboxylic acids is 1. The summed E-state index contributed by atoms with van der Waals surface area (Å²) in [4.78, 5) is 18.6. The number of hydrogen-bond donors (Lipinski definition) is 0. The van der Waals surface area contributed by atoms with Gasteiger partial charge in [-0.2, -0.15) is 4.98 Å². The molecule has 1 aliphatic rings. The minimum atomic E-state index is -1.27. The fourth-order valence-electron chi connectivity index (χ4n) is 3.70. The van der Waals surface area contributed by atoms with Gasteiger partial charge in [0.2, 0.25) is 23.2 Å². The summed E-state index contributed by atoms with van der Waals surface area (Å²) in [5.41, 5.74) is 3.02. The van der Waals surface area contributed by atoms with Crippen LogP contribution in [0.5, 0.6) is 5.88 Å². The molecule has 4 rings (SSSR count). The number of amides is 1. The number of carbonyl (C=O) groups is 1. The molecule has 0 spiro atoms. The van der Waals surface area contributed by atoms with E-state index in [9.17, 15) is 13.6 Å². The highest BCUT2D eigenvalue weighted by molar-refractivity contribution is 7.99. The van der Waals surface area contributed by atoms with Crippen molar-refractivity contribution in [2.24, 2.45) is 0 Å². The number of anilines is 1. The quantitative estimate of drug-likeness (QED) is 0.533. The fourth-order valence-corrected chi connectivity index (χ4v) is 4.21. The van der Waals surface area contributed by atoms with E-state index in [-0.39, 0.29) is 11.4 Å². The molecule has 2 aromatic carbocycles. The van der Waals surface area contributed by atoms with Crippen LogP contribution in [-0.4, -0.2) is 26.8 Å². The zero-order valence-electron chi connectivity index (χ0n) is 17.4. The molecular weight excluding hydrogens is 422 g/mol. The number of aromatic nitrogens is 3. The highest BCUT2D eigenvalue weighted by Gasteiger charge is 2.37. The molecule has 0 saturated heterocycles. The largest absolute Gasteiger partial charge is 0.447 e. The summed E-state index contributed by atoms with van der Waals surface area (Å²) in [6, 6.07) is 6.82. The van der Waals surface area contributed by atoms with E-state index in [0.29, 0.717) is 22.1 Å². The number of thioether (sulfide) groups is 1. The maximum atomic E-state index is 14.8. The molecule has 2 heterocycles. The van der Waals surface area contributed by atoms with Crippen LogP contribution < -0.4 is 9.64 Å². The molecule has 160 valence electrons. The third kappa shape index (κ3) is 3.85. The fraction of sp³-hybridized carbons (Fsp3) is 0.273. The average molecular weight is 442 g/mol. The Kier molecular flexibility index (Phi) is 5.62. The van der Waals surface area contributed by atoms with Crippen LogP contribution in [-0.2, 0) is 4.79 Å². The molecule has 0 fully saturated rings. The second-order valence-corrected chi connectivity index (χ2v) is 8.42. The van der Waals surface area contributed by atoms with Gasteiger partial charge >= 0.3 is 0 Å². The first kappa shape index (κ1) is 21.2. The lowest BCUT2D eigenvalue weighted by Crippen LogP contribution is -2.37. The van der Waals surface area contributed by atoms with Crippen molar-refractivity contribution in [1.29, 1.82) is 0 Å². The van der Waals surface area contributed by atoms with Crippen molar-refractivity contribution in [3.8, 4) is 17.1 Å². The van der Waals surface area contributed by atoms with E-state index in [1.54, 1.807) is 0 Å². The topological polar surface area (TPSA) is 68.2 Å². The lowest BCUT2D eigenvalue weighted by atomic mass is 10.00. The first-order valence-electron chi connectivity index (χ1n) is 9.70. The van der Waals surface area contributed by atoms with Gasteiger partial charge in [-0.3, -0.25) is 9.69 Å². The van der Waals surface area contributed by atoms with Crippen molar-refractivity contribution in [2.45, 2.75) is 39.1 Å². The van der Waals surface area contributed by atoms with Crippen molar-refractivity contribution in [3.05, 3.63) is 58.7 Å². The van der Waals surface area contributed by atoms with Gasteiger partial charge in [-0.15, -0.1) is 10.2 Å². The SMILES string of the molecule is CCSc1nnc2c(n1)OC(c1cc(F)ccc1F)N(C(C)=O)c1c(C)cc(C)cc1-2. The molecule has 1 unspecified atom stereocenters. The summed E-state index contributed by atoms with van der Waals surface area (Å²) in [5, 5.41) is 8.88. The van der Waals surface area contributed by atoms with Crippen LogP contribution in [0.2, 0.25) is 0 Å². The van der Waals surface area contributed by atoms with Crippen LogP contribution in [0.4, 0.5) is 14.5 Å². The summed E-state index contributed by atoms with van der Waals surface area (Å²) in [6.07, 6.45) is -1.27. The predicted molar refractivity (Wildman–Crippen MR) is 114 cm³/mol. The van der Waals surface area contributed by atoms with Crippen molar-refractivity contribution >= 4 is 23.4 Å². The predicted octanol–water partition coefficient (Wildman–Crippen LogP) is 4.99. The van der Waals surface area contributed by atoms with Crippen LogP contribution in [0, 0.1) is 25.5 Å². The third-order valence-corrected chi connectivity index (χ3v) is 5.59. The van der Waals surface area contributed by atoms with Gasteiger partial charge in [-0.25, -0.2) is 8.78 Å². The molecular formula is C22H20F2N4O2S. The monoisotopic (exact) mass is 442 g/mol. The van der Waals surface area contributed by atoms with E-state index < -0.39 is 23.8 Å². The Labute approximate surface area is 182 Å². The van der Waals surface area contributed by atoms with E-state index in [2.05, 4.69) is 15.2 Å². The third-order valence-electron chi connectivity index (χ3n) is 4.87. The second kappa shape index (κ2) is 8.22. The van der Waals surface area contributed by atoms with Gasteiger partial charge in [-0.05, 0) is 49.4 Å². The summed E-state index contributed by atoms with van der Waals surface area (Å²) < 4.78 is 34.9. The zero-order valence-corrected chi connectivity index (χ0v) is 18.3. The van der Waals surface area contributed by atoms with E-state index in [4.69, 9.17) is 4.74 Å². The smallest absolute Gasteiger partial charge is 0.247 e. The summed E-state index contributed by atoms with van der Waals surface area (Å²) in [5.74, 6) is -0.911. The molecule has 1 amide bonds. The first-order chi connectivity index (χ1) is 14.8. The van der Waals surface area contributed by atoms with Gasteiger partial charge < -0.3 is 4.74 Å². The lowest BCUT2D eigenvalue weighted by Gasteiger charge is -2.31. The second-order valence-electron chi connectivity index (χ2n) is 7.18. The van der Waals surface area contributed by atoms with Gasteiger partial charge in [-0.1, -0.05) is 30.3 Å². The summed E-state index contributed by atoms with van der Waals surface area (Å²) in [6.45, 7) is 7.06. The number of ether oxygens (including phenoxy) is 1. The summed E-state index contributed by atoms with van der Waals surface area (Å²) in [7, 11) is 0. The molecule has 31 heavy (non-hydrogen) atoms. The van der Waals surface area contributed by atoms with Gasteiger partial charge in [0.05, 0.1) is 11.3 Å². The van der Waals surface area contributed by atoms with Crippen LogP contribution in [0.25, 0.3) is 11.3 Å². The molecule has 0 bridgehead atoms. The number of fused-ring (bicyclic) bond motifs is 3. The van der Waals surface area contributed by atoms with Gasteiger partial charge in [0, 0.05) is 12.5 Å². The van der Waals surface area contributed by atoms with Crippen molar-refractivity contribution in [1.82, 2.24) is 15.2 Å². The van der Waals surface area contributed by atoms with E-state index in [1.165, 1.54) is 23.6 Å². The van der Waals surface area contributed by atoms with Crippen molar-refractivity contribution in [2.75, 3.05) is 10.7 Å². The number of benzene rings is 2. The van der Waals surface area contributed by atoms with Gasteiger partial charge in [0.1, 0.15) is 11.6 Å². The Bertz CT molecular complexity index is 1190. The van der Waals surface area contributed by atoms with Gasteiger partial charge in [0.25, 0.3) is 0 Å². The summed E-state index contributed by atoms with van der Waals surface area (Å²) >= 11 is 1.37. The molecule has 1 aromatic heterocycles. The van der Waals surface area contributed by atoms with Crippen molar-refractivity contribution < 1.29 is 18.3 Å². The van der Waals surface area contributed by atoms with E-state index in [1.807, 2.05) is 32.9 Å². The Balaban J connectivity index is 2.04. The van der Waals surface area contributed by atoms with Crippen LogP contribution in [0.15, 0.2) is 35.5 Å². The Morgan fingerprint density at radius 3 is 2.68 bits per heavy atom. The Morgan fingerprint density at radius 2 is 1.97 bits per heavy atom. The Hall–Kier alpha value is -3.07. The van der Waals surface area contributed by atoms with E-state index in [0.717, 1.165) is 35.1 Å². The Morgan fingerprint density at radius 1 is 1.19 bits per heavy atom. The number of hydrogen-bond acceptors (Lipinski definition) is 6. The maximum absolute atomic E-state index is 14.8. The van der Waals surface area contributed by atoms with Crippen LogP contribution in [0.1, 0.15) is 36.8 Å². The molecule has 3 aromatic rings. The first-order valence-corrected chi connectivity index (χ1v) is 10.7. The van der Waals surface area contributed by atoms with Crippen LogP contribution in [0.3, 0.4) is 0 Å². The molecule has 1 aliphatic heterocycles. The highest BCUT2D eigenvalue weighted by atomic mass is 32.2. The molecule has 0 N–H and O–H groups in total. The standard InChI is InChI=1S/C22H20F2N4O2S/c1-5-31-22-25-20-18(26-27-22)16-9-11(2)8-12(3)19(16)28(13(4)29)21(30-20)15-10-14(23)6-7-17(15)24/h6-10,21H,5H2,1-4H3. The molecule has 0 radical (unpaired) electrons.